The number of benzene rings is 1. The van der Waals surface area contributed by atoms with Crippen LogP contribution in [0.5, 0.6) is 0 Å². The molecule has 1 amide bonds. The van der Waals surface area contributed by atoms with Crippen LogP contribution in [0.15, 0.2) is 34.2 Å². The number of morpholine rings is 1. The molecule has 1 aliphatic heterocycles. The minimum absolute atomic E-state index is 0.0456. The molecule has 1 N–H and O–H groups in total. The molecule has 1 aliphatic rings. The molecular weight excluding hydrogens is 436 g/mol. The first kappa shape index (κ1) is 23.2. The fourth-order valence-electron chi connectivity index (χ4n) is 3.26. The van der Waals surface area contributed by atoms with E-state index in [4.69, 9.17) is 4.74 Å². The van der Waals surface area contributed by atoms with Crippen LogP contribution in [0.25, 0.3) is 0 Å². The Balaban J connectivity index is 1.73. The van der Waals surface area contributed by atoms with Gasteiger partial charge in [0.1, 0.15) is 11.1 Å². The highest BCUT2D eigenvalue weighted by Crippen LogP contribution is 2.26. The largest absolute Gasteiger partial charge is 0.379 e. The van der Waals surface area contributed by atoms with Crippen molar-refractivity contribution in [3.05, 3.63) is 46.6 Å². The number of amides is 1. The Morgan fingerprint density at radius 3 is 2.61 bits per heavy atom. The first-order chi connectivity index (χ1) is 14.7. The first-order valence-electron chi connectivity index (χ1n) is 9.72. The van der Waals surface area contributed by atoms with Crippen LogP contribution in [-0.2, 0) is 19.6 Å². The molecule has 3 rings (SSSR count). The van der Waals surface area contributed by atoms with Gasteiger partial charge in [0.25, 0.3) is 0 Å². The Morgan fingerprint density at radius 1 is 1.23 bits per heavy atom. The number of carbonyl (C=O) groups excluding carboxylic acids is 1. The van der Waals surface area contributed by atoms with Gasteiger partial charge in [0.05, 0.1) is 29.4 Å². The third kappa shape index (κ3) is 5.43. The number of hydrogen-bond acceptors (Lipinski definition) is 7. The minimum atomic E-state index is -3.67. The SMILES string of the molecule is Cc1cc(C)c(C#N)c(SCC(=O)Nc2ccc(C)c(S(=O)(=O)N3CCOCC3)c2)n1. The molecule has 0 aliphatic carbocycles. The van der Waals surface area contributed by atoms with Crippen molar-refractivity contribution in [3.63, 3.8) is 0 Å². The summed E-state index contributed by atoms with van der Waals surface area (Å²) >= 11 is 1.18. The Labute approximate surface area is 186 Å². The van der Waals surface area contributed by atoms with Gasteiger partial charge in [-0.3, -0.25) is 4.79 Å². The van der Waals surface area contributed by atoms with Crippen molar-refractivity contribution in [2.45, 2.75) is 30.7 Å². The zero-order valence-corrected chi connectivity index (χ0v) is 19.3. The summed E-state index contributed by atoms with van der Waals surface area (Å²) in [6, 6.07) is 8.79. The second-order valence-corrected chi connectivity index (χ2v) is 10.1. The number of hydrogen-bond donors (Lipinski definition) is 1. The Morgan fingerprint density at radius 2 is 1.94 bits per heavy atom. The topological polar surface area (TPSA) is 112 Å². The van der Waals surface area contributed by atoms with E-state index in [1.165, 1.54) is 22.1 Å². The number of aromatic nitrogens is 1. The summed E-state index contributed by atoms with van der Waals surface area (Å²) in [5.74, 6) is -0.266. The first-order valence-corrected chi connectivity index (χ1v) is 12.1. The molecule has 0 bridgehead atoms. The molecule has 2 aromatic rings. The number of nitriles is 1. The summed E-state index contributed by atoms with van der Waals surface area (Å²) in [5.41, 5.74) is 3.05. The van der Waals surface area contributed by atoms with Crippen molar-refractivity contribution in [3.8, 4) is 6.07 Å². The van der Waals surface area contributed by atoms with Gasteiger partial charge in [-0.15, -0.1) is 0 Å². The fraction of sp³-hybridized carbons (Fsp3) is 0.381. The fourth-order valence-corrected chi connectivity index (χ4v) is 5.81. The number of carbonyl (C=O) groups is 1. The van der Waals surface area contributed by atoms with E-state index in [1.807, 2.05) is 19.9 Å². The van der Waals surface area contributed by atoms with Crippen molar-refractivity contribution in [2.24, 2.45) is 0 Å². The molecule has 8 nitrogen and oxygen atoms in total. The molecule has 2 heterocycles. The maximum atomic E-state index is 13.0. The summed E-state index contributed by atoms with van der Waals surface area (Å²) in [7, 11) is -3.67. The van der Waals surface area contributed by atoms with E-state index in [2.05, 4.69) is 16.4 Å². The number of aryl methyl sites for hydroxylation is 3. The van der Waals surface area contributed by atoms with Gasteiger partial charge in [0, 0.05) is 24.5 Å². The quantitative estimate of drug-likeness (QED) is 0.660. The van der Waals surface area contributed by atoms with Gasteiger partial charge in [-0.1, -0.05) is 17.8 Å². The predicted octanol–water partition coefficient (Wildman–Crippen LogP) is 2.63. The monoisotopic (exact) mass is 460 g/mol. The van der Waals surface area contributed by atoms with E-state index in [-0.39, 0.29) is 16.6 Å². The van der Waals surface area contributed by atoms with Crippen LogP contribution in [0.3, 0.4) is 0 Å². The summed E-state index contributed by atoms with van der Waals surface area (Å²) in [6.07, 6.45) is 0. The molecule has 31 heavy (non-hydrogen) atoms. The van der Waals surface area contributed by atoms with Gasteiger partial charge in [0.15, 0.2) is 0 Å². The van der Waals surface area contributed by atoms with Crippen LogP contribution in [0, 0.1) is 32.1 Å². The molecule has 164 valence electrons. The summed E-state index contributed by atoms with van der Waals surface area (Å²) < 4.78 is 32.7. The third-order valence-electron chi connectivity index (χ3n) is 4.82. The van der Waals surface area contributed by atoms with Crippen molar-refractivity contribution < 1.29 is 17.9 Å². The third-order valence-corrected chi connectivity index (χ3v) is 7.84. The number of anilines is 1. The molecule has 0 radical (unpaired) electrons. The van der Waals surface area contributed by atoms with Crippen molar-refractivity contribution in [1.82, 2.24) is 9.29 Å². The molecule has 1 saturated heterocycles. The van der Waals surface area contributed by atoms with Crippen molar-refractivity contribution in [1.29, 1.82) is 5.26 Å². The van der Waals surface area contributed by atoms with E-state index in [0.717, 1.165) is 11.3 Å². The van der Waals surface area contributed by atoms with Gasteiger partial charge in [-0.05, 0) is 50.1 Å². The summed E-state index contributed by atoms with van der Waals surface area (Å²) in [5, 5.41) is 12.6. The molecule has 10 heteroatoms. The maximum absolute atomic E-state index is 13.0. The highest BCUT2D eigenvalue weighted by molar-refractivity contribution is 8.00. The Hall–Kier alpha value is -2.45. The smallest absolute Gasteiger partial charge is 0.243 e. The lowest BCUT2D eigenvalue weighted by Gasteiger charge is -2.26. The van der Waals surface area contributed by atoms with Crippen LogP contribution in [0.2, 0.25) is 0 Å². The van der Waals surface area contributed by atoms with E-state index < -0.39 is 10.0 Å². The van der Waals surface area contributed by atoms with Gasteiger partial charge >= 0.3 is 0 Å². The lowest BCUT2D eigenvalue weighted by molar-refractivity contribution is -0.113. The van der Waals surface area contributed by atoms with Gasteiger partial charge in [-0.2, -0.15) is 9.57 Å². The van der Waals surface area contributed by atoms with E-state index in [1.54, 1.807) is 19.1 Å². The van der Waals surface area contributed by atoms with Gasteiger partial charge in [0.2, 0.25) is 15.9 Å². The van der Waals surface area contributed by atoms with E-state index in [0.29, 0.717) is 48.1 Å². The number of ether oxygens (including phenoxy) is 1. The van der Waals surface area contributed by atoms with Crippen LogP contribution in [-0.4, -0.2) is 55.7 Å². The predicted molar refractivity (Wildman–Crippen MR) is 119 cm³/mol. The number of nitrogens with one attached hydrogen (secondary N) is 1. The van der Waals surface area contributed by atoms with Crippen LogP contribution >= 0.6 is 11.8 Å². The average molecular weight is 461 g/mol. The van der Waals surface area contributed by atoms with E-state index >= 15 is 0 Å². The number of rotatable bonds is 6. The summed E-state index contributed by atoms with van der Waals surface area (Å²) in [6.45, 7) is 6.73. The minimum Gasteiger partial charge on any atom is -0.379 e. The molecule has 1 fully saturated rings. The van der Waals surface area contributed by atoms with Crippen LogP contribution in [0.4, 0.5) is 5.69 Å². The molecule has 0 saturated carbocycles. The van der Waals surface area contributed by atoms with Crippen molar-refractivity contribution >= 4 is 33.4 Å². The van der Waals surface area contributed by atoms with Crippen LogP contribution in [0.1, 0.15) is 22.4 Å². The average Bonchev–Trinajstić information content (AvgIpc) is 2.74. The Kier molecular flexibility index (Phi) is 7.33. The molecule has 0 atom stereocenters. The standard InChI is InChI=1S/C21H24N4O4S2/c1-14-4-5-17(11-19(14)31(27,28)25-6-8-29-9-7-25)24-20(26)13-30-21-18(12-22)15(2)10-16(3)23-21/h4-5,10-11H,6-9,13H2,1-3H3,(H,24,26). The second-order valence-electron chi connectivity index (χ2n) is 7.21. The molecule has 0 spiro atoms. The highest BCUT2D eigenvalue weighted by Gasteiger charge is 2.28. The number of thioether (sulfide) groups is 1. The van der Waals surface area contributed by atoms with Crippen molar-refractivity contribution in [2.75, 3.05) is 37.4 Å². The summed E-state index contributed by atoms with van der Waals surface area (Å²) in [4.78, 5) is 17.0. The van der Waals surface area contributed by atoms with E-state index in [9.17, 15) is 18.5 Å². The lowest BCUT2D eigenvalue weighted by Crippen LogP contribution is -2.40. The molecular formula is C21H24N4O4S2. The maximum Gasteiger partial charge on any atom is 0.243 e. The zero-order valence-electron chi connectivity index (χ0n) is 17.6. The highest BCUT2D eigenvalue weighted by atomic mass is 32.2. The number of nitrogens with zero attached hydrogens (tertiary/aromatic N) is 3. The molecule has 0 unspecified atom stereocenters. The molecule has 1 aromatic carbocycles. The lowest BCUT2D eigenvalue weighted by atomic mass is 10.1. The normalized spacial score (nSPS) is 14.8. The number of sulfonamides is 1. The van der Waals surface area contributed by atoms with Gasteiger partial charge < -0.3 is 10.1 Å². The van der Waals surface area contributed by atoms with Gasteiger partial charge in [-0.25, -0.2) is 13.4 Å². The second kappa shape index (κ2) is 9.78. The zero-order chi connectivity index (χ0) is 22.6. The number of pyridine rings is 1. The van der Waals surface area contributed by atoms with Crippen LogP contribution < -0.4 is 5.32 Å². The Bertz CT molecular complexity index is 1140. The molecule has 1 aromatic heterocycles.